The van der Waals surface area contributed by atoms with Gasteiger partial charge in [-0.2, -0.15) is 0 Å². The normalized spacial score (nSPS) is 14.2. The summed E-state index contributed by atoms with van der Waals surface area (Å²) < 4.78 is 5.08. The van der Waals surface area contributed by atoms with Crippen LogP contribution in [0.15, 0.2) is 24.3 Å². The van der Waals surface area contributed by atoms with E-state index < -0.39 is 0 Å². The van der Waals surface area contributed by atoms with E-state index in [9.17, 15) is 4.79 Å². The van der Waals surface area contributed by atoms with Gasteiger partial charge in [-0.25, -0.2) is 0 Å². The molecule has 0 unspecified atom stereocenters. The summed E-state index contributed by atoms with van der Waals surface area (Å²) in [5.74, 6) is 0.193. The number of carbonyl (C=O) groups excluding carboxylic acids is 1. The van der Waals surface area contributed by atoms with Gasteiger partial charge in [-0.3, -0.25) is 4.79 Å². The Balaban J connectivity index is 1.54. The van der Waals surface area contributed by atoms with Gasteiger partial charge in [-0.05, 0) is 36.9 Å². The van der Waals surface area contributed by atoms with Crippen LogP contribution in [0.3, 0.4) is 0 Å². The molecule has 0 heterocycles. The molecule has 1 aliphatic rings. The smallest absolute Gasteiger partial charge is 0.220 e. The monoisotopic (exact) mass is 276 g/mol. The summed E-state index contributed by atoms with van der Waals surface area (Å²) in [5.41, 5.74) is 2.44. The molecule has 1 aromatic carbocycles. The number of methoxy groups -OCH3 is 1. The van der Waals surface area contributed by atoms with Gasteiger partial charge in [0.15, 0.2) is 0 Å². The van der Waals surface area contributed by atoms with Crippen LogP contribution in [0.1, 0.15) is 36.8 Å². The zero-order valence-corrected chi connectivity index (χ0v) is 12.2. The standard InChI is InChI=1S/C16H24N2O2/c1-20-12-14-6-4-13(5-7-14)11-17-10-2-3-16(19)18-15-8-9-15/h4-7,15,17H,2-3,8-12H2,1H3,(H,18,19). The fraction of sp³-hybridized carbons (Fsp3) is 0.562. The first-order valence-electron chi connectivity index (χ1n) is 7.35. The van der Waals surface area contributed by atoms with E-state index in [2.05, 4.69) is 34.9 Å². The lowest BCUT2D eigenvalue weighted by Crippen LogP contribution is -2.26. The predicted molar refractivity (Wildman–Crippen MR) is 79.3 cm³/mol. The van der Waals surface area contributed by atoms with Crippen LogP contribution in [0, 0.1) is 0 Å². The second kappa shape index (κ2) is 8.02. The molecule has 0 spiro atoms. The molecule has 1 aromatic rings. The van der Waals surface area contributed by atoms with E-state index in [1.165, 1.54) is 11.1 Å². The molecule has 2 N–H and O–H groups in total. The van der Waals surface area contributed by atoms with Gasteiger partial charge in [0.05, 0.1) is 6.61 Å². The number of benzene rings is 1. The Morgan fingerprint density at radius 1 is 1.25 bits per heavy atom. The maximum atomic E-state index is 11.5. The van der Waals surface area contributed by atoms with Crippen LogP contribution in [-0.4, -0.2) is 25.6 Å². The highest BCUT2D eigenvalue weighted by Crippen LogP contribution is 2.18. The van der Waals surface area contributed by atoms with Gasteiger partial charge in [-0.15, -0.1) is 0 Å². The van der Waals surface area contributed by atoms with E-state index in [0.29, 0.717) is 19.1 Å². The van der Waals surface area contributed by atoms with Crippen LogP contribution in [0.25, 0.3) is 0 Å². The molecule has 0 radical (unpaired) electrons. The van der Waals surface area contributed by atoms with Crippen LogP contribution < -0.4 is 10.6 Å². The second-order valence-corrected chi connectivity index (χ2v) is 5.37. The van der Waals surface area contributed by atoms with Crippen molar-refractivity contribution in [2.75, 3.05) is 13.7 Å². The van der Waals surface area contributed by atoms with Gasteiger partial charge in [0.1, 0.15) is 0 Å². The Hall–Kier alpha value is -1.39. The molecule has 110 valence electrons. The topological polar surface area (TPSA) is 50.4 Å². The maximum Gasteiger partial charge on any atom is 0.220 e. The predicted octanol–water partition coefficient (Wildman–Crippen LogP) is 1.98. The van der Waals surface area contributed by atoms with Crippen molar-refractivity contribution in [3.63, 3.8) is 0 Å². The summed E-state index contributed by atoms with van der Waals surface area (Å²) in [7, 11) is 1.70. The lowest BCUT2D eigenvalue weighted by molar-refractivity contribution is -0.121. The molecule has 1 saturated carbocycles. The molecular weight excluding hydrogens is 252 g/mol. The minimum absolute atomic E-state index is 0.193. The van der Waals surface area contributed by atoms with E-state index in [0.717, 1.165) is 32.4 Å². The average Bonchev–Trinajstić information content (AvgIpc) is 3.24. The van der Waals surface area contributed by atoms with Crippen molar-refractivity contribution in [2.45, 2.75) is 44.9 Å². The molecule has 1 fully saturated rings. The van der Waals surface area contributed by atoms with Crippen LogP contribution in [0.5, 0.6) is 0 Å². The highest BCUT2D eigenvalue weighted by atomic mass is 16.5. The highest BCUT2D eigenvalue weighted by molar-refractivity contribution is 5.76. The van der Waals surface area contributed by atoms with Crippen molar-refractivity contribution in [3.05, 3.63) is 35.4 Å². The van der Waals surface area contributed by atoms with E-state index in [-0.39, 0.29) is 5.91 Å². The van der Waals surface area contributed by atoms with Crippen LogP contribution in [0.2, 0.25) is 0 Å². The van der Waals surface area contributed by atoms with Gasteiger partial charge >= 0.3 is 0 Å². The molecule has 2 rings (SSSR count). The first-order chi connectivity index (χ1) is 9.78. The summed E-state index contributed by atoms with van der Waals surface area (Å²) in [6.07, 6.45) is 3.82. The molecule has 0 saturated heterocycles. The van der Waals surface area contributed by atoms with E-state index in [1.807, 2.05) is 0 Å². The van der Waals surface area contributed by atoms with Crippen LogP contribution in [0.4, 0.5) is 0 Å². The molecule has 4 heteroatoms. The molecule has 0 aliphatic heterocycles. The Kier molecular flexibility index (Phi) is 6.02. The number of amides is 1. The van der Waals surface area contributed by atoms with E-state index in [1.54, 1.807) is 7.11 Å². The summed E-state index contributed by atoms with van der Waals surface area (Å²) in [6.45, 7) is 2.37. The van der Waals surface area contributed by atoms with Crippen LogP contribution >= 0.6 is 0 Å². The number of ether oxygens (including phenoxy) is 1. The molecular formula is C16H24N2O2. The molecule has 4 nitrogen and oxygen atoms in total. The van der Waals surface area contributed by atoms with Gasteiger partial charge in [-0.1, -0.05) is 24.3 Å². The number of hydrogen-bond acceptors (Lipinski definition) is 3. The van der Waals surface area contributed by atoms with Crippen molar-refractivity contribution in [1.82, 2.24) is 10.6 Å². The van der Waals surface area contributed by atoms with Gasteiger partial charge in [0, 0.05) is 26.1 Å². The third-order valence-electron chi connectivity index (χ3n) is 3.36. The summed E-state index contributed by atoms with van der Waals surface area (Å²) in [4.78, 5) is 11.5. The lowest BCUT2D eigenvalue weighted by Gasteiger charge is -2.06. The molecule has 20 heavy (non-hydrogen) atoms. The molecule has 1 aliphatic carbocycles. The van der Waals surface area contributed by atoms with Gasteiger partial charge in [0.2, 0.25) is 5.91 Å². The Morgan fingerprint density at radius 2 is 1.95 bits per heavy atom. The number of hydrogen-bond donors (Lipinski definition) is 2. The zero-order chi connectivity index (χ0) is 14.2. The number of rotatable bonds is 9. The molecule has 0 bridgehead atoms. The number of carbonyl (C=O) groups is 1. The Bertz CT molecular complexity index is 413. The summed E-state index contributed by atoms with van der Waals surface area (Å²) >= 11 is 0. The largest absolute Gasteiger partial charge is 0.380 e. The molecule has 0 aromatic heterocycles. The Labute approximate surface area is 120 Å². The number of nitrogens with one attached hydrogen (secondary N) is 2. The van der Waals surface area contributed by atoms with E-state index in [4.69, 9.17) is 4.74 Å². The summed E-state index contributed by atoms with van der Waals surface area (Å²) in [5, 5.41) is 6.37. The fourth-order valence-corrected chi connectivity index (χ4v) is 2.05. The Morgan fingerprint density at radius 3 is 2.60 bits per heavy atom. The maximum absolute atomic E-state index is 11.5. The van der Waals surface area contributed by atoms with Crippen molar-refractivity contribution >= 4 is 5.91 Å². The minimum Gasteiger partial charge on any atom is -0.380 e. The fourth-order valence-electron chi connectivity index (χ4n) is 2.05. The summed E-state index contributed by atoms with van der Waals surface area (Å²) in [6, 6.07) is 8.87. The third kappa shape index (κ3) is 5.72. The quantitative estimate of drug-likeness (QED) is 0.678. The first kappa shape index (κ1) is 15.0. The second-order valence-electron chi connectivity index (χ2n) is 5.37. The molecule has 0 atom stereocenters. The highest BCUT2D eigenvalue weighted by Gasteiger charge is 2.22. The zero-order valence-electron chi connectivity index (χ0n) is 12.2. The van der Waals surface area contributed by atoms with Crippen molar-refractivity contribution in [1.29, 1.82) is 0 Å². The van der Waals surface area contributed by atoms with Crippen molar-refractivity contribution in [3.8, 4) is 0 Å². The minimum atomic E-state index is 0.193. The SMILES string of the molecule is COCc1ccc(CNCCCC(=O)NC2CC2)cc1. The van der Waals surface area contributed by atoms with Gasteiger partial charge < -0.3 is 15.4 Å². The average molecular weight is 276 g/mol. The third-order valence-corrected chi connectivity index (χ3v) is 3.36. The molecule has 1 amide bonds. The lowest BCUT2D eigenvalue weighted by atomic mass is 10.1. The first-order valence-corrected chi connectivity index (χ1v) is 7.35. The van der Waals surface area contributed by atoms with Crippen molar-refractivity contribution < 1.29 is 9.53 Å². The van der Waals surface area contributed by atoms with Crippen LogP contribution in [-0.2, 0) is 22.7 Å². The van der Waals surface area contributed by atoms with E-state index >= 15 is 0 Å². The van der Waals surface area contributed by atoms with Gasteiger partial charge in [0.25, 0.3) is 0 Å². The van der Waals surface area contributed by atoms with Crippen molar-refractivity contribution in [2.24, 2.45) is 0 Å².